The van der Waals surface area contributed by atoms with Gasteiger partial charge in [-0.15, -0.1) is 0 Å². The molecule has 0 aromatic carbocycles. The molecule has 0 heterocycles. The molecule has 3 unspecified atom stereocenters. The predicted molar refractivity (Wildman–Crippen MR) is 296 cm³/mol. The number of aliphatic hydroxyl groups excluding tert-OH is 2. The second-order valence-corrected chi connectivity index (χ2v) is 19.0. The Morgan fingerprint density at radius 2 is 0.794 bits per heavy atom. The molecule has 0 spiro atoms. The molecular formula is C62H107NO5. The molecule has 0 aliphatic rings. The lowest BCUT2D eigenvalue weighted by Gasteiger charge is -2.24. The number of allylic oxidation sites excluding steroid dienone is 16. The SMILES string of the molecule is CC/C=C\C/C=C\C/C=C\C/C=C\C/C=C\C/C=C\CCC(=O)OC(CCCCCCCCC/C=C\C/C=C\CCCCC)CC(=O)NC(CO)C(O)CCCCCCCCCCCCCCC. The van der Waals surface area contributed by atoms with Crippen LogP contribution in [0.3, 0.4) is 0 Å². The monoisotopic (exact) mass is 946 g/mol. The third-order valence-corrected chi connectivity index (χ3v) is 12.4. The molecule has 68 heavy (non-hydrogen) atoms. The van der Waals surface area contributed by atoms with Crippen molar-refractivity contribution in [1.82, 2.24) is 5.32 Å². The van der Waals surface area contributed by atoms with E-state index in [1.54, 1.807) is 0 Å². The van der Waals surface area contributed by atoms with Gasteiger partial charge in [-0.3, -0.25) is 9.59 Å². The Bertz CT molecular complexity index is 1340. The van der Waals surface area contributed by atoms with Crippen LogP contribution in [0, 0.1) is 0 Å². The molecule has 1 amide bonds. The highest BCUT2D eigenvalue weighted by Gasteiger charge is 2.24. The number of nitrogens with one attached hydrogen (secondary N) is 1. The number of amides is 1. The van der Waals surface area contributed by atoms with Gasteiger partial charge in [0.05, 0.1) is 25.2 Å². The van der Waals surface area contributed by atoms with Gasteiger partial charge >= 0.3 is 5.97 Å². The molecular weight excluding hydrogens is 839 g/mol. The second kappa shape index (κ2) is 54.7. The highest BCUT2D eigenvalue weighted by atomic mass is 16.5. The number of hydrogen-bond donors (Lipinski definition) is 3. The number of aliphatic hydroxyl groups is 2. The summed E-state index contributed by atoms with van der Waals surface area (Å²) in [5.74, 6) is -0.583. The summed E-state index contributed by atoms with van der Waals surface area (Å²) < 4.78 is 5.91. The zero-order valence-electron chi connectivity index (χ0n) is 44.5. The summed E-state index contributed by atoms with van der Waals surface area (Å²) >= 11 is 0. The molecule has 0 aromatic rings. The van der Waals surface area contributed by atoms with Crippen molar-refractivity contribution < 1.29 is 24.5 Å². The molecule has 0 aliphatic heterocycles. The number of esters is 1. The third kappa shape index (κ3) is 49.2. The van der Waals surface area contributed by atoms with E-state index >= 15 is 0 Å². The maximum Gasteiger partial charge on any atom is 0.306 e. The van der Waals surface area contributed by atoms with E-state index in [0.29, 0.717) is 19.3 Å². The van der Waals surface area contributed by atoms with E-state index in [9.17, 15) is 19.8 Å². The average molecular weight is 947 g/mol. The first-order valence-corrected chi connectivity index (χ1v) is 28.5. The summed E-state index contributed by atoms with van der Waals surface area (Å²) in [6.45, 7) is 6.34. The van der Waals surface area contributed by atoms with E-state index < -0.39 is 18.2 Å². The number of rotatable bonds is 50. The fourth-order valence-corrected chi connectivity index (χ4v) is 8.13. The maximum absolute atomic E-state index is 13.3. The molecule has 0 saturated heterocycles. The maximum atomic E-state index is 13.3. The van der Waals surface area contributed by atoms with Crippen molar-refractivity contribution in [2.24, 2.45) is 0 Å². The van der Waals surface area contributed by atoms with Gasteiger partial charge in [0, 0.05) is 6.42 Å². The average Bonchev–Trinajstić information content (AvgIpc) is 3.33. The van der Waals surface area contributed by atoms with Gasteiger partial charge in [0.1, 0.15) is 6.10 Å². The molecule has 6 nitrogen and oxygen atoms in total. The predicted octanol–water partition coefficient (Wildman–Crippen LogP) is 17.7. The lowest BCUT2D eigenvalue weighted by Crippen LogP contribution is -2.46. The molecule has 0 fully saturated rings. The van der Waals surface area contributed by atoms with Crippen LogP contribution in [-0.2, 0) is 14.3 Å². The van der Waals surface area contributed by atoms with Crippen LogP contribution in [0.4, 0.5) is 0 Å². The van der Waals surface area contributed by atoms with E-state index in [-0.39, 0.29) is 31.3 Å². The van der Waals surface area contributed by atoms with Gasteiger partial charge in [-0.1, -0.05) is 246 Å². The lowest BCUT2D eigenvalue weighted by atomic mass is 10.0. The Hall–Kier alpha value is -3.22. The van der Waals surface area contributed by atoms with E-state index in [1.165, 1.54) is 116 Å². The molecule has 0 rings (SSSR count). The molecule has 3 N–H and O–H groups in total. The molecule has 0 aliphatic carbocycles. The quantitative estimate of drug-likeness (QED) is 0.0321. The molecule has 0 bridgehead atoms. The zero-order valence-corrected chi connectivity index (χ0v) is 44.5. The Morgan fingerprint density at radius 1 is 0.441 bits per heavy atom. The highest BCUT2D eigenvalue weighted by Crippen LogP contribution is 2.17. The van der Waals surface area contributed by atoms with E-state index in [4.69, 9.17) is 4.74 Å². The third-order valence-electron chi connectivity index (χ3n) is 12.4. The van der Waals surface area contributed by atoms with Crippen LogP contribution in [0.2, 0.25) is 0 Å². The number of carbonyl (C=O) groups excluding carboxylic acids is 2. The molecule has 390 valence electrons. The first-order chi connectivity index (χ1) is 33.5. The van der Waals surface area contributed by atoms with Crippen molar-refractivity contribution in [3.8, 4) is 0 Å². The van der Waals surface area contributed by atoms with Crippen molar-refractivity contribution in [3.05, 3.63) is 97.2 Å². The minimum atomic E-state index is -0.808. The number of carbonyl (C=O) groups is 2. The van der Waals surface area contributed by atoms with Crippen LogP contribution >= 0.6 is 0 Å². The molecule has 0 aromatic heterocycles. The molecule has 0 saturated carbocycles. The first kappa shape index (κ1) is 64.8. The minimum absolute atomic E-state index is 0.0375. The summed E-state index contributed by atoms with van der Waals surface area (Å²) in [6.07, 6.45) is 73.3. The number of hydrogen-bond acceptors (Lipinski definition) is 5. The van der Waals surface area contributed by atoms with Gasteiger partial charge < -0.3 is 20.3 Å². The van der Waals surface area contributed by atoms with Crippen LogP contribution in [0.15, 0.2) is 97.2 Å². The van der Waals surface area contributed by atoms with Crippen LogP contribution in [0.25, 0.3) is 0 Å². The van der Waals surface area contributed by atoms with Crippen LogP contribution < -0.4 is 5.32 Å². The van der Waals surface area contributed by atoms with Crippen molar-refractivity contribution in [2.75, 3.05) is 6.61 Å². The molecule has 0 radical (unpaired) electrons. The van der Waals surface area contributed by atoms with Gasteiger partial charge in [0.2, 0.25) is 5.91 Å². The molecule has 3 atom stereocenters. The van der Waals surface area contributed by atoms with Crippen LogP contribution in [0.1, 0.15) is 258 Å². The fraction of sp³-hybridized carbons (Fsp3) is 0.710. The Labute approximate surface area is 420 Å². The van der Waals surface area contributed by atoms with E-state index in [2.05, 4.69) is 117 Å². The summed E-state index contributed by atoms with van der Waals surface area (Å²) in [5, 5.41) is 23.8. The highest BCUT2D eigenvalue weighted by molar-refractivity contribution is 5.77. The fourth-order valence-electron chi connectivity index (χ4n) is 8.13. The van der Waals surface area contributed by atoms with E-state index in [0.717, 1.165) is 89.9 Å². The Morgan fingerprint density at radius 3 is 1.24 bits per heavy atom. The smallest absolute Gasteiger partial charge is 0.306 e. The largest absolute Gasteiger partial charge is 0.462 e. The topological polar surface area (TPSA) is 95.9 Å². The van der Waals surface area contributed by atoms with Gasteiger partial charge in [-0.2, -0.15) is 0 Å². The minimum Gasteiger partial charge on any atom is -0.462 e. The van der Waals surface area contributed by atoms with Crippen molar-refractivity contribution >= 4 is 11.9 Å². The van der Waals surface area contributed by atoms with Crippen LogP contribution in [0.5, 0.6) is 0 Å². The summed E-state index contributed by atoms with van der Waals surface area (Å²) in [5.41, 5.74) is 0. The van der Waals surface area contributed by atoms with Gasteiger partial charge in [0.15, 0.2) is 0 Å². The first-order valence-electron chi connectivity index (χ1n) is 28.5. The normalized spacial score (nSPS) is 13.9. The molecule has 6 heteroatoms. The van der Waals surface area contributed by atoms with Gasteiger partial charge in [-0.05, 0) is 96.3 Å². The summed E-state index contributed by atoms with van der Waals surface area (Å²) in [4.78, 5) is 26.2. The standard InChI is InChI=1S/C62H107NO5/c1-4-7-10-13-16-19-22-25-27-29-30-32-34-37-40-43-46-49-52-55-62(67)68-58(53-50-47-44-41-38-36-33-31-28-26-23-20-17-14-11-8-5-2)56-61(66)63-59(57-64)60(65)54-51-48-45-42-39-35-24-21-18-15-12-9-6-3/h7,10,16-17,19-20,25-28,30,32,37,40,46,49,58-60,64-65H,4-6,8-9,11-15,18,21-24,29,31,33-36,38-39,41-45,47-48,50-57H2,1-3H3,(H,63,66)/b10-7-,19-16-,20-17-,27-25-,28-26-,32-30-,40-37-,49-46-. The Balaban J connectivity index is 4.72. The van der Waals surface area contributed by atoms with Gasteiger partial charge in [-0.25, -0.2) is 0 Å². The number of ether oxygens (including phenoxy) is 1. The summed E-state index contributed by atoms with van der Waals surface area (Å²) in [6, 6.07) is -0.725. The van der Waals surface area contributed by atoms with E-state index in [1.807, 2.05) is 6.08 Å². The zero-order chi connectivity index (χ0) is 49.5. The van der Waals surface area contributed by atoms with Crippen molar-refractivity contribution in [3.63, 3.8) is 0 Å². The Kier molecular flexibility index (Phi) is 52.1. The van der Waals surface area contributed by atoms with Gasteiger partial charge in [0.25, 0.3) is 0 Å². The van der Waals surface area contributed by atoms with Crippen molar-refractivity contribution in [1.29, 1.82) is 0 Å². The van der Waals surface area contributed by atoms with Crippen molar-refractivity contribution in [2.45, 2.75) is 277 Å². The number of unbranched alkanes of at least 4 members (excludes halogenated alkanes) is 22. The summed E-state index contributed by atoms with van der Waals surface area (Å²) in [7, 11) is 0. The lowest BCUT2D eigenvalue weighted by molar-refractivity contribution is -0.150. The second-order valence-electron chi connectivity index (χ2n) is 19.0. The van der Waals surface area contributed by atoms with Crippen LogP contribution in [-0.4, -0.2) is 46.9 Å².